The Balaban J connectivity index is 1.59. The molecule has 1 aliphatic heterocycles. The van der Waals surface area contributed by atoms with Gasteiger partial charge >= 0.3 is 0 Å². The molecule has 1 aromatic heterocycles. The summed E-state index contributed by atoms with van der Waals surface area (Å²) < 4.78 is 26.3. The summed E-state index contributed by atoms with van der Waals surface area (Å²) in [5.74, 6) is -0.498. The highest BCUT2D eigenvalue weighted by atomic mass is 32.2. The van der Waals surface area contributed by atoms with Crippen molar-refractivity contribution in [1.82, 2.24) is 9.29 Å². The number of fused-ring (bicyclic) bond motifs is 1. The Morgan fingerprint density at radius 3 is 2.36 bits per heavy atom. The molecule has 0 atom stereocenters. The maximum Gasteiger partial charge on any atom is 0.269 e. The second kappa shape index (κ2) is 6.53. The van der Waals surface area contributed by atoms with Crippen molar-refractivity contribution in [3.05, 3.63) is 70.0 Å². The molecule has 0 N–H and O–H groups in total. The van der Waals surface area contributed by atoms with Crippen molar-refractivity contribution in [2.45, 2.75) is 37.6 Å². The van der Waals surface area contributed by atoms with Crippen LogP contribution in [0.4, 0.5) is 0 Å². The van der Waals surface area contributed by atoms with Crippen molar-refractivity contribution in [1.29, 1.82) is 0 Å². The molecule has 4 rings (SSSR count). The minimum atomic E-state index is -3.82. The van der Waals surface area contributed by atoms with E-state index in [2.05, 4.69) is 37.9 Å². The van der Waals surface area contributed by atoms with E-state index >= 15 is 0 Å². The van der Waals surface area contributed by atoms with Gasteiger partial charge < -0.3 is 0 Å². The van der Waals surface area contributed by atoms with Crippen LogP contribution in [0.15, 0.2) is 58.8 Å². The van der Waals surface area contributed by atoms with Gasteiger partial charge in [0.2, 0.25) is 0 Å². The summed E-state index contributed by atoms with van der Waals surface area (Å²) in [5.41, 5.74) is 3.28. The van der Waals surface area contributed by atoms with Crippen LogP contribution in [0.25, 0.3) is 11.3 Å². The molecule has 7 heteroatoms. The van der Waals surface area contributed by atoms with Crippen LogP contribution in [0.3, 0.4) is 0 Å². The summed E-state index contributed by atoms with van der Waals surface area (Å²) in [6.45, 7) is 6.43. The van der Waals surface area contributed by atoms with Gasteiger partial charge in [0.1, 0.15) is 9.90 Å². The molecule has 1 amide bonds. The van der Waals surface area contributed by atoms with Crippen molar-refractivity contribution < 1.29 is 13.2 Å². The highest BCUT2D eigenvalue weighted by molar-refractivity contribution is 7.90. The molecule has 2 heterocycles. The number of sulfonamides is 1. The van der Waals surface area contributed by atoms with E-state index in [-0.39, 0.29) is 22.4 Å². The first-order valence-electron chi connectivity index (χ1n) is 8.89. The van der Waals surface area contributed by atoms with Crippen LogP contribution in [-0.4, -0.2) is 23.6 Å². The van der Waals surface area contributed by atoms with Gasteiger partial charge in [-0.05, 0) is 23.1 Å². The molecule has 0 radical (unpaired) electrons. The third-order valence-corrected chi connectivity index (χ3v) is 7.41. The number of carbonyl (C=O) groups is 1. The molecule has 28 heavy (non-hydrogen) atoms. The van der Waals surface area contributed by atoms with E-state index in [1.54, 1.807) is 18.2 Å². The summed E-state index contributed by atoms with van der Waals surface area (Å²) >= 11 is 1.35. The fourth-order valence-electron chi connectivity index (χ4n) is 3.17. The summed E-state index contributed by atoms with van der Waals surface area (Å²) in [4.78, 5) is 17.2. The van der Waals surface area contributed by atoms with Crippen LogP contribution in [0.5, 0.6) is 0 Å². The zero-order chi connectivity index (χ0) is 20.1. The zero-order valence-electron chi connectivity index (χ0n) is 15.8. The largest absolute Gasteiger partial charge is 0.269 e. The Bertz CT molecular complexity index is 1160. The number of carbonyl (C=O) groups excluding carboxylic acids is 1. The van der Waals surface area contributed by atoms with Crippen molar-refractivity contribution in [3.8, 4) is 11.3 Å². The maximum atomic E-state index is 12.7. The molecule has 0 bridgehead atoms. The zero-order valence-corrected chi connectivity index (χ0v) is 17.5. The lowest BCUT2D eigenvalue weighted by Gasteiger charge is -2.18. The Hall–Kier alpha value is -2.51. The maximum absolute atomic E-state index is 12.7. The average molecular weight is 413 g/mol. The number of hydrogen-bond donors (Lipinski definition) is 0. The second-order valence-electron chi connectivity index (χ2n) is 7.77. The van der Waals surface area contributed by atoms with E-state index < -0.39 is 15.9 Å². The van der Waals surface area contributed by atoms with Crippen molar-refractivity contribution >= 4 is 27.3 Å². The predicted octanol–water partition coefficient (Wildman–Crippen LogP) is 4.45. The van der Waals surface area contributed by atoms with Gasteiger partial charge in [-0.15, -0.1) is 11.3 Å². The molecule has 0 spiro atoms. The van der Waals surface area contributed by atoms with Gasteiger partial charge in [-0.2, -0.15) is 0 Å². The number of amides is 1. The lowest BCUT2D eigenvalue weighted by Crippen LogP contribution is -2.29. The van der Waals surface area contributed by atoms with Gasteiger partial charge in [0, 0.05) is 10.9 Å². The fraction of sp³-hybridized carbons (Fsp3) is 0.238. The van der Waals surface area contributed by atoms with Gasteiger partial charge in [0.25, 0.3) is 15.9 Å². The van der Waals surface area contributed by atoms with Crippen LogP contribution < -0.4 is 0 Å². The first-order chi connectivity index (χ1) is 13.2. The minimum Gasteiger partial charge on any atom is -0.268 e. The molecule has 144 valence electrons. The SMILES string of the molecule is CC(C)(C)c1ccc(-c2csc(CN3C(=O)c4ccccc4S3(=O)=O)n2)cc1. The highest BCUT2D eigenvalue weighted by Crippen LogP contribution is 2.33. The third-order valence-electron chi connectivity index (χ3n) is 4.79. The van der Waals surface area contributed by atoms with Crippen LogP contribution in [0.1, 0.15) is 41.7 Å². The third kappa shape index (κ3) is 3.14. The lowest BCUT2D eigenvalue weighted by atomic mass is 9.86. The molecule has 1 aliphatic rings. The molecule has 0 fully saturated rings. The molecule has 0 saturated carbocycles. The quantitative estimate of drug-likeness (QED) is 0.637. The van der Waals surface area contributed by atoms with E-state index in [9.17, 15) is 13.2 Å². The van der Waals surface area contributed by atoms with E-state index in [0.717, 1.165) is 15.6 Å². The number of benzene rings is 2. The average Bonchev–Trinajstić information content (AvgIpc) is 3.20. The molecular weight excluding hydrogens is 392 g/mol. The molecule has 0 aliphatic carbocycles. The van der Waals surface area contributed by atoms with E-state index in [1.165, 1.54) is 23.0 Å². The summed E-state index contributed by atoms with van der Waals surface area (Å²) in [7, 11) is -3.82. The van der Waals surface area contributed by atoms with Crippen molar-refractivity contribution in [2.75, 3.05) is 0 Å². The van der Waals surface area contributed by atoms with Gasteiger partial charge in [-0.1, -0.05) is 57.2 Å². The Kier molecular flexibility index (Phi) is 4.39. The van der Waals surface area contributed by atoms with Gasteiger partial charge in [0.05, 0.1) is 17.8 Å². The first kappa shape index (κ1) is 18.8. The molecule has 5 nitrogen and oxygen atoms in total. The van der Waals surface area contributed by atoms with Gasteiger partial charge in [-0.3, -0.25) is 4.79 Å². The number of thiazole rings is 1. The smallest absolute Gasteiger partial charge is 0.268 e. The molecule has 0 saturated heterocycles. The normalized spacial score (nSPS) is 15.7. The van der Waals surface area contributed by atoms with Crippen molar-refractivity contribution in [3.63, 3.8) is 0 Å². The Morgan fingerprint density at radius 2 is 1.71 bits per heavy atom. The highest BCUT2D eigenvalue weighted by Gasteiger charge is 2.41. The van der Waals surface area contributed by atoms with Gasteiger partial charge in [-0.25, -0.2) is 17.7 Å². The lowest BCUT2D eigenvalue weighted by molar-refractivity contribution is 0.0865. The monoisotopic (exact) mass is 412 g/mol. The van der Waals surface area contributed by atoms with Crippen LogP contribution in [0, 0.1) is 0 Å². The predicted molar refractivity (Wildman–Crippen MR) is 110 cm³/mol. The van der Waals surface area contributed by atoms with Crippen LogP contribution in [-0.2, 0) is 22.0 Å². The second-order valence-corrected chi connectivity index (χ2v) is 10.5. The molecule has 2 aromatic carbocycles. The van der Waals surface area contributed by atoms with Crippen molar-refractivity contribution in [2.24, 2.45) is 0 Å². The minimum absolute atomic E-state index is 0.0550. The molecule has 3 aromatic rings. The van der Waals surface area contributed by atoms with Gasteiger partial charge in [0.15, 0.2) is 0 Å². The topological polar surface area (TPSA) is 67.3 Å². The number of aromatic nitrogens is 1. The number of hydrogen-bond acceptors (Lipinski definition) is 5. The molecular formula is C21H20N2O3S2. The van der Waals surface area contributed by atoms with E-state index in [1.807, 2.05) is 17.5 Å². The standard InChI is InChI=1S/C21H20N2O3S2/c1-21(2,3)15-10-8-14(9-11-15)17-13-27-19(22-17)12-23-20(24)16-6-4-5-7-18(16)28(23,25)26/h4-11,13H,12H2,1-3H3. The Morgan fingerprint density at radius 1 is 1.04 bits per heavy atom. The Labute approximate surface area is 168 Å². The van der Waals surface area contributed by atoms with Crippen LogP contribution >= 0.6 is 11.3 Å². The van der Waals surface area contributed by atoms with E-state index in [4.69, 9.17) is 0 Å². The van der Waals surface area contributed by atoms with Crippen LogP contribution in [0.2, 0.25) is 0 Å². The summed E-state index contributed by atoms with van der Waals surface area (Å²) in [6.07, 6.45) is 0. The fourth-order valence-corrected chi connectivity index (χ4v) is 5.57. The summed E-state index contributed by atoms with van der Waals surface area (Å²) in [6, 6.07) is 14.5. The first-order valence-corrected chi connectivity index (χ1v) is 11.2. The summed E-state index contributed by atoms with van der Waals surface area (Å²) in [5, 5.41) is 2.47. The van der Waals surface area contributed by atoms with E-state index in [0.29, 0.717) is 5.01 Å². The number of rotatable bonds is 3. The number of nitrogens with zero attached hydrogens (tertiary/aromatic N) is 2. The molecule has 0 unspecified atom stereocenters.